The third-order valence-electron chi connectivity index (χ3n) is 2.57. The summed E-state index contributed by atoms with van der Waals surface area (Å²) in [5.74, 6) is -0.218. The van der Waals surface area contributed by atoms with Crippen LogP contribution < -0.4 is 5.32 Å². The molecule has 0 aliphatic rings. The molecule has 0 spiro atoms. The van der Waals surface area contributed by atoms with Crippen molar-refractivity contribution in [3.8, 4) is 0 Å². The number of rotatable bonds is 4. The molecular weight excluding hydrogens is 285 g/mol. The number of aromatic nitrogens is 2. The first-order valence-electron chi connectivity index (χ1n) is 5.30. The summed E-state index contributed by atoms with van der Waals surface area (Å²) in [6.07, 6.45) is 1.79. The molecular formula is C12H13BrFN3. The van der Waals surface area contributed by atoms with Gasteiger partial charge >= 0.3 is 0 Å². The highest BCUT2D eigenvalue weighted by atomic mass is 79.9. The van der Waals surface area contributed by atoms with E-state index in [0.29, 0.717) is 13.1 Å². The molecule has 0 aliphatic heterocycles. The normalized spacial score (nSPS) is 10.8. The fraction of sp³-hybridized carbons (Fsp3) is 0.250. The van der Waals surface area contributed by atoms with E-state index in [0.717, 1.165) is 21.3 Å². The van der Waals surface area contributed by atoms with Crippen LogP contribution in [0.4, 0.5) is 4.39 Å². The van der Waals surface area contributed by atoms with E-state index in [1.165, 1.54) is 12.1 Å². The van der Waals surface area contributed by atoms with Gasteiger partial charge in [0.15, 0.2) is 0 Å². The van der Waals surface area contributed by atoms with Gasteiger partial charge in [-0.25, -0.2) is 4.39 Å². The Kier molecular flexibility index (Phi) is 3.91. The number of halogens is 2. The van der Waals surface area contributed by atoms with Crippen LogP contribution >= 0.6 is 15.9 Å². The lowest BCUT2D eigenvalue weighted by Gasteiger charge is -2.06. The van der Waals surface area contributed by atoms with Crippen molar-refractivity contribution >= 4 is 15.9 Å². The molecule has 0 saturated carbocycles. The van der Waals surface area contributed by atoms with Crippen LogP contribution in [0.15, 0.2) is 28.9 Å². The summed E-state index contributed by atoms with van der Waals surface area (Å²) in [6, 6.07) is 4.68. The van der Waals surface area contributed by atoms with Crippen LogP contribution in [-0.4, -0.2) is 10.2 Å². The Hall–Kier alpha value is -1.20. The number of hydrogen-bond acceptors (Lipinski definition) is 2. The van der Waals surface area contributed by atoms with Crippen molar-refractivity contribution in [2.45, 2.75) is 20.0 Å². The molecule has 90 valence electrons. The van der Waals surface area contributed by atoms with Crippen LogP contribution in [0.2, 0.25) is 0 Å². The SMILES string of the molecule is Cc1[nH]ncc1CNCc1cc(F)ccc1Br. The highest BCUT2D eigenvalue weighted by molar-refractivity contribution is 9.10. The van der Waals surface area contributed by atoms with Gasteiger partial charge in [0.25, 0.3) is 0 Å². The molecule has 1 aromatic carbocycles. The van der Waals surface area contributed by atoms with Gasteiger partial charge in [-0.15, -0.1) is 0 Å². The predicted molar refractivity (Wildman–Crippen MR) is 68.0 cm³/mol. The van der Waals surface area contributed by atoms with Gasteiger partial charge in [0.1, 0.15) is 5.82 Å². The number of aryl methyl sites for hydroxylation is 1. The summed E-state index contributed by atoms with van der Waals surface area (Å²) in [7, 11) is 0. The van der Waals surface area contributed by atoms with Crippen molar-refractivity contribution in [3.63, 3.8) is 0 Å². The zero-order valence-corrected chi connectivity index (χ0v) is 11.0. The average molecular weight is 298 g/mol. The van der Waals surface area contributed by atoms with Crippen molar-refractivity contribution in [3.05, 3.63) is 51.5 Å². The second-order valence-corrected chi connectivity index (χ2v) is 4.71. The first-order chi connectivity index (χ1) is 8.16. The van der Waals surface area contributed by atoms with E-state index in [9.17, 15) is 4.39 Å². The Balaban J connectivity index is 1.94. The summed E-state index contributed by atoms with van der Waals surface area (Å²) in [5, 5.41) is 10.1. The minimum Gasteiger partial charge on any atom is -0.308 e. The average Bonchev–Trinajstić information content (AvgIpc) is 2.70. The van der Waals surface area contributed by atoms with E-state index in [2.05, 4.69) is 31.4 Å². The van der Waals surface area contributed by atoms with E-state index < -0.39 is 0 Å². The Morgan fingerprint density at radius 3 is 2.82 bits per heavy atom. The number of hydrogen-bond donors (Lipinski definition) is 2. The van der Waals surface area contributed by atoms with E-state index in [4.69, 9.17) is 0 Å². The highest BCUT2D eigenvalue weighted by Gasteiger charge is 2.03. The monoisotopic (exact) mass is 297 g/mol. The molecule has 1 heterocycles. The molecule has 0 bridgehead atoms. The molecule has 2 N–H and O–H groups in total. The molecule has 0 aliphatic carbocycles. The van der Waals surface area contributed by atoms with Crippen LogP contribution in [0.1, 0.15) is 16.8 Å². The summed E-state index contributed by atoms with van der Waals surface area (Å²) >= 11 is 3.40. The minimum absolute atomic E-state index is 0.218. The van der Waals surface area contributed by atoms with Gasteiger partial charge in [-0.1, -0.05) is 15.9 Å². The summed E-state index contributed by atoms with van der Waals surface area (Å²) in [6.45, 7) is 3.30. The molecule has 0 saturated heterocycles. The molecule has 1 aromatic heterocycles. The minimum atomic E-state index is -0.218. The van der Waals surface area contributed by atoms with Crippen molar-refractivity contribution < 1.29 is 4.39 Å². The van der Waals surface area contributed by atoms with Gasteiger partial charge in [0.2, 0.25) is 0 Å². The summed E-state index contributed by atoms with van der Waals surface area (Å²) in [4.78, 5) is 0. The van der Waals surface area contributed by atoms with E-state index >= 15 is 0 Å². The first kappa shape index (κ1) is 12.3. The van der Waals surface area contributed by atoms with Gasteiger partial charge in [-0.3, -0.25) is 5.10 Å². The van der Waals surface area contributed by atoms with Crippen molar-refractivity contribution in [2.24, 2.45) is 0 Å². The largest absolute Gasteiger partial charge is 0.308 e. The summed E-state index contributed by atoms with van der Waals surface area (Å²) < 4.78 is 14.0. The second-order valence-electron chi connectivity index (χ2n) is 3.86. The number of H-pyrrole nitrogens is 1. The lowest BCUT2D eigenvalue weighted by atomic mass is 10.2. The standard InChI is InChI=1S/C12H13BrFN3/c1-8-10(7-16-17-8)6-15-5-9-4-11(14)2-3-12(9)13/h2-4,7,15H,5-6H2,1H3,(H,16,17). The van der Waals surface area contributed by atoms with Crippen LogP contribution in [-0.2, 0) is 13.1 Å². The topological polar surface area (TPSA) is 40.7 Å². The molecule has 17 heavy (non-hydrogen) atoms. The van der Waals surface area contributed by atoms with Crippen LogP contribution in [0.3, 0.4) is 0 Å². The third-order valence-corrected chi connectivity index (χ3v) is 3.35. The summed E-state index contributed by atoms with van der Waals surface area (Å²) in [5.41, 5.74) is 3.08. The van der Waals surface area contributed by atoms with E-state index in [1.807, 2.05) is 6.92 Å². The Bertz CT molecular complexity index is 510. The van der Waals surface area contributed by atoms with Crippen LogP contribution in [0, 0.1) is 12.7 Å². The number of aromatic amines is 1. The molecule has 5 heteroatoms. The predicted octanol–water partition coefficient (Wildman–Crippen LogP) is 2.91. The molecule has 0 amide bonds. The number of nitrogens with zero attached hydrogens (tertiary/aromatic N) is 1. The lowest BCUT2D eigenvalue weighted by molar-refractivity contribution is 0.619. The molecule has 0 unspecified atom stereocenters. The Labute approximate surface area is 108 Å². The van der Waals surface area contributed by atoms with Gasteiger partial charge in [-0.2, -0.15) is 5.10 Å². The zero-order valence-electron chi connectivity index (χ0n) is 9.43. The quantitative estimate of drug-likeness (QED) is 0.911. The smallest absolute Gasteiger partial charge is 0.123 e. The lowest BCUT2D eigenvalue weighted by Crippen LogP contribution is -2.13. The Morgan fingerprint density at radius 1 is 1.35 bits per heavy atom. The maximum Gasteiger partial charge on any atom is 0.123 e. The maximum atomic E-state index is 13.0. The first-order valence-corrected chi connectivity index (χ1v) is 6.09. The van der Waals surface area contributed by atoms with Crippen molar-refractivity contribution in [2.75, 3.05) is 0 Å². The zero-order chi connectivity index (χ0) is 12.3. The van der Waals surface area contributed by atoms with Crippen molar-refractivity contribution in [1.82, 2.24) is 15.5 Å². The molecule has 0 atom stereocenters. The van der Waals surface area contributed by atoms with Gasteiger partial charge < -0.3 is 5.32 Å². The van der Waals surface area contributed by atoms with Crippen molar-refractivity contribution in [1.29, 1.82) is 0 Å². The molecule has 3 nitrogen and oxygen atoms in total. The fourth-order valence-corrected chi connectivity index (χ4v) is 1.95. The Morgan fingerprint density at radius 2 is 2.12 bits per heavy atom. The van der Waals surface area contributed by atoms with E-state index in [-0.39, 0.29) is 5.82 Å². The molecule has 2 rings (SSSR count). The van der Waals surface area contributed by atoms with E-state index in [1.54, 1.807) is 12.3 Å². The number of nitrogens with one attached hydrogen (secondary N) is 2. The fourth-order valence-electron chi connectivity index (χ4n) is 1.56. The maximum absolute atomic E-state index is 13.0. The van der Waals surface area contributed by atoms with Gasteiger partial charge in [0.05, 0.1) is 6.20 Å². The molecule has 0 radical (unpaired) electrons. The molecule has 2 aromatic rings. The molecule has 0 fully saturated rings. The van der Waals surface area contributed by atoms with Crippen LogP contribution in [0.25, 0.3) is 0 Å². The third kappa shape index (κ3) is 3.14. The van der Waals surface area contributed by atoms with Gasteiger partial charge in [-0.05, 0) is 30.7 Å². The second kappa shape index (κ2) is 5.42. The number of benzene rings is 1. The van der Waals surface area contributed by atoms with Gasteiger partial charge in [0, 0.05) is 28.8 Å². The van der Waals surface area contributed by atoms with Crippen LogP contribution in [0.5, 0.6) is 0 Å². The highest BCUT2D eigenvalue weighted by Crippen LogP contribution is 2.17.